The summed E-state index contributed by atoms with van der Waals surface area (Å²) in [7, 11) is 1.84. The zero-order chi connectivity index (χ0) is 8.55. The van der Waals surface area contributed by atoms with Crippen molar-refractivity contribution in [2.75, 3.05) is 7.05 Å². The summed E-state index contributed by atoms with van der Waals surface area (Å²) in [6.45, 7) is 2.27. The van der Waals surface area contributed by atoms with Crippen LogP contribution in [0.15, 0.2) is 4.99 Å². The van der Waals surface area contributed by atoms with E-state index < -0.39 is 0 Å². The van der Waals surface area contributed by atoms with Gasteiger partial charge >= 0.3 is 0 Å². The number of guanidine groups is 1. The predicted octanol–water partition coefficient (Wildman–Crippen LogP) is 1.34. The van der Waals surface area contributed by atoms with E-state index in [0.717, 1.165) is 11.9 Å². The average Bonchev–Trinajstić information content (AvgIpc) is 2.91. The van der Waals surface area contributed by atoms with Crippen molar-refractivity contribution in [3.8, 4) is 0 Å². The number of aliphatic imine (C=N–C) groups is 1. The monoisotopic (exact) mass is 295 g/mol. The van der Waals surface area contributed by atoms with Crippen LogP contribution in [0.4, 0.5) is 0 Å². The smallest absolute Gasteiger partial charge is 0.191 e. The van der Waals surface area contributed by atoms with Gasteiger partial charge in [-0.15, -0.1) is 24.0 Å². The molecule has 4 heteroatoms. The molecule has 2 aliphatic rings. The van der Waals surface area contributed by atoms with Gasteiger partial charge in [0.2, 0.25) is 0 Å². The molecule has 13 heavy (non-hydrogen) atoms. The fourth-order valence-corrected chi connectivity index (χ4v) is 1.29. The maximum Gasteiger partial charge on any atom is 0.191 e. The summed E-state index contributed by atoms with van der Waals surface area (Å²) in [5.74, 6) is 1.83. The fraction of sp³-hybridized carbons (Fsp3) is 0.889. The van der Waals surface area contributed by atoms with E-state index in [9.17, 15) is 0 Å². The lowest BCUT2D eigenvalue weighted by Gasteiger charge is -2.09. The van der Waals surface area contributed by atoms with Gasteiger partial charge in [0.25, 0.3) is 0 Å². The van der Waals surface area contributed by atoms with Crippen LogP contribution in [0.5, 0.6) is 0 Å². The van der Waals surface area contributed by atoms with Crippen LogP contribution < -0.4 is 10.6 Å². The molecule has 0 spiro atoms. The number of halogens is 1. The number of nitrogens with zero attached hydrogens (tertiary/aromatic N) is 1. The first-order chi connectivity index (χ1) is 5.79. The molecule has 2 saturated carbocycles. The first-order valence-electron chi connectivity index (χ1n) is 4.79. The van der Waals surface area contributed by atoms with Crippen LogP contribution in [0.1, 0.15) is 26.2 Å². The summed E-state index contributed by atoms with van der Waals surface area (Å²) in [6, 6.07) is 1.38. The van der Waals surface area contributed by atoms with Crippen molar-refractivity contribution in [3.05, 3.63) is 0 Å². The maximum atomic E-state index is 4.18. The highest BCUT2D eigenvalue weighted by atomic mass is 127. The summed E-state index contributed by atoms with van der Waals surface area (Å²) in [5, 5.41) is 6.77. The van der Waals surface area contributed by atoms with Crippen molar-refractivity contribution in [2.45, 2.75) is 38.3 Å². The molecule has 2 rings (SSSR count). The van der Waals surface area contributed by atoms with Crippen molar-refractivity contribution in [3.63, 3.8) is 0 Å². The van der Waals surface area contributed by atoms with E-state index in [-0.39, 0.29) is 24.0 Å². The van der Waals surface area contributed by atoms with Crippen molar-refractivity contribution in [1.82, 2.24) is 10.6 Å². The molecule has 0 aromatic carbocycles. The van der Waals surface area contributed by atoms with Crippen molar-refractivity contribution in [1.29, 1.82) is 0 Å². The Morgan fingerprint density at radius 3 is 2.31 bits per heavy atom. The maximum absolute atomic E-state index is 4.18. The van der Waals surface area contributed by atoms with Gasteiger partial charge in [-0.05, 0) is 25.2 Å². The highest BCUT2D eigenvalue weighted by Crippen LogP contribution is 2.29. The van der Waals surface area contributed by atoms with Crippen LogP contribution in [0, 0.1) is 5.92 Å². The molecule has 0 aromatic rings. The van der Waals surface area contributed by atoms with Crippen molar-refractivity contribution >= 4 is 29.9 Å². The highest BCUT2D eigenvalue weighted by Gasteiger charge is 2.34. The molecule has 0 heterocycles. The summed E-state index contributed by atoms with van der Waals surface area (Å²) in [4.78, 5) is 4.18. The predicted molar refractivity (Wildman–Crippen MR) is 65.6 cm³/mol. The summed E-state index contributed by atoms with van der Waals surface area (Å²) >= 11 is 0. The minimum Gasteiger partial charge on any atom is -0.354 e. The number of nitrogens with one attached hydrogen (secondary N) is 2. The lowest BCUT2D eigenvalue weighted by atomic mass is 10.5. The van der Waals surface area contributed by atoms with Crippen LogP contribution in [0.25, 0.3) is 0 Å². The molecule has 2 atom stereocenters. The Balaban J connectivity index is 0.000000845. The lowest BCUT2D eigenvalue weighted by molar-refractivity contribution is 0.761. The van der Waals surface area contributed by atoms with Crippen molar-refractivity contribution in [2.24, 2.45) is 10.9 Å². The Hall–Kier alpha value is 0. The van der Waals surface area contributed by atoms with E-state index in [1.54, 1.807) is 0 Å². The van der Waals surface area contributed by atoms with E-state index in [0.29, 0.717) is 12.1 Å². The first-order valence-corrected chi connectivity index (χ1v) is 4.79. The first kappa shape index (κ1) is 11.1. The van der Waals surface area contributed by atoms with E-state index >= 15 is 0 Å². The van der Waals surface area contributed by atoms with Gasteiger partial charge in [-0.25, -0.2) is 0 Å². The van der Waals surface area contributed by atoms with Gasteiger partial charge in [-0.1, -0.05) is 6.92 Å². The zero-order valence-electron chi connectivity index (χ0n) is 8.21. The van der Waals surface area contributed by atoms with Gasteiger partial charge in [-0.2, -0.15) is 0 Å². The molecule has 0 amide bonds. The van der Waals surface area contributed by atoms with Crippen LogP contribution >= 0.6 is 24.0 Å². The van der Waals surface area contributed by atoms with Gasteiger partial charge < -0.3 is 10.6 Å². The topological polar surface area (TPSA) is 36.4 Å². The summed E-state index contributed by atoms with van der Waals surface area (Å²) < 4.78 is 0. The Kier molecular flexibility index (Phi) is 3.82. The fourth-order valence-electron chi connectivity index (χ4n) is 1.29. The van der Waals surface area contributed by atoms with Crippen molar-refractivity contribution < 1.29 is 0 Å². The highest BCUT2D eigenvalue weighted by molar-refractivity contribution is 14.0. The second-order valence-corrected chi connectivity index (χ2v) is 3.95. The summed E-state index contributed by atoms with van der Waals surface area (Å²) in [6.07, 6.45) is 3.91. The molecular formula is C9H18IN3. The third kappa shape index (κ3) is 3.32. The van der Waals surface area contributed by atoms with Gasteiger partial charge in [0, 0.05) is 19.1 Å². The second kappa shape index (κ2) is 4.48. The molecule has 0 aliphatic heterocycles. The molecule has 2 unspecified atom stereocenters. The second-order valence-electron chi connectivity index (χ2n) is 3.95. The molecule has 0 aromatic heterocycles. The third-order valence-electron chi connectivity index (χ3n) is 2.57. The minimum atomic E-state index is 0. The van der Waals surface area contributed by atoms with E-state index in [1.807, 2.05) is 7.05 Å². The molecule has 3 nitrogen and oxygen atoms in total. The van der Waals surface area contributed by atoms with E-state index in [2.05, 4.69) is 22.5 Å². The SMILES string of the molecule is CN=C(NC1CC1)NC1CC1C.I. The van der Waals surface area contributed by atoms with Gasteiger partial charge in [0.05, 0.1) is 0 Å². The number of hydrogen-bond donors (Lipinski definition) is 2. The Morgan fingerprint density at radius 1 is 1.31 bits per heavy atom. The minimum absolute atomic E-state index is 0. The molecule has 0 saturated heterocycles. The van der Waals surface area contributed by atoms with Gasteiger partial charge in [0.1, 0.15) is 0 Å². The van der Waals surface area contributed by atoms with E-state index in [1.165, 1.54) is 19.3 Å². The summed E-state index contributed by atoms with van der Waals surface area (Å²) in [5.41, 5.74) is 0. The molecule has 0 bridgehead atoms. The Morgan fingerprint density at radius 2 is 1.92 bits per heavy atom. The van der Waals surface area contributed by atoms with Gasteiger partial charge in [-0.3, -0.25) is 4.99 Å². The standard InChI is InChI=1S/C9H17N3.HI/c1-6-5-8(6)12-9(10-2)11-7-3-4-7;/h6-8H,3-5H2,1-2H3,(H2,10,11,12);1H. The molecule has 2 N–H and O–H groups in total. The Bertz CT molecular complexity index is 201. The van der Waals surface area contributed by atoms with Crippen LogP contribution in [-0.4, -0.2) is 25.1 Å². The van der Waals surface area contributed by atoms with Crippen LogP contribution in [0.2, 0.25) is 0 Å². The normalized spacial score (nSPS) is 32.0. The zero-order valence-corrected chi connectivity index (χ0v) is 10.5. The molecule has 76 valence electrons. The molecular weight excluding hydrogens is 277 g/mol. The Labute approximate surface area is 96.8 Å². The average molecular weight is 295 g/mol. The molecule has 2 aliphatic carbocycles. The molecule has 0 radical (unpaired) electrons. The van der Waals surface area contributed by atoms with Gasteiger partial charge in [0.15, 0.2) is 5.96 Å². The quantitative estimate of drug-likeness (QED) is 0.458. The van der Waals surface area contributed by atoms with Crippen LogP contribution in [-0.2, 0) is 0 Å². The number of hydrogen-bond acceptors (Lipinski definition) is 1. The number of rotatable bonds is 2. The third-order valence-corrected chi connectivity index (χ3v) is 2.57. The van der Waals surface area contributed by atoms with E-state index in [4.69, 9.17) is 0 Å². The van der Waals surface area contributed by atoms with Crippen LogP contribution in [0.3, 0.4) is 0 Å². The molecule has 2 fully saturated rings. The lowest BCUT2D eigenvalue weighted by Crippen LogP contribution is -2.40. The largest absolute Gasteiger partial charge is 0.354 e.